The maximum Gasteiger partial charge on any atom is 0.377 e. The van der Waals surface area contributed by atoms with E-state index in [1.807, 2.05) is 0 Å². The number of ether oxygens (including phenoxy) is 2. The van der Waals surface area contributed by atoms with E-state index in [2.05, 4.69) is 0 Å². The van der Waals surface area contributed by atoms with Gasteiger partial charge in [-0.05, 0) is 0 Å². The van der Waals surface area contributed by atoms with Gasteiger partial charge in [0.2, 0.25) is 17.8 Å². The molecule has 1 radical (unpaired) electrons. The molecule has 0 aromatic carbocycles. The Balaban J connectivity index is 2.82. The fourth-order valence-electron chi connectivity index (χ4n) is 0.743. The molecule has 0 aromatic rings. The van der Waals surface area contributed by atoms with Gasteiger partial charge in [0, 0.05) is 19.9 Å². The first-order valence-corrected chi connectivity index (χ1v) is 3.05. The second kappa shape index (κ2) is 2.38. The zero-order valence-electron chi connectivity index (χ0n) is 6.21. The van der Waals surface area contributed by atoms with Crippen molar-refractivity contribution < 1.29 is 19.1 Å². The van der Waals surface area contributed by atoms with E-state index in [1.54, 1.807) is 13.8 Å². The molecule has 0 aromatic heterocycles. The number of rotatable bonds is 1. The van der Waals surface area contributed by atoms with Crippen molar-refractivity contribution in [2.75, 3.05) is 0 Å². The van der Waals surface area contributed by atoms with E-state index in [1.165, 1.54) is 6.29 Å². The molecule has 0 N–H and O–H groups in total. The summed E-state index contributed by atoms with van der Waals surface area (Å²) in [6, 6.07) is 0. The summed E-state index contributed by atoms with van der Waals surface area (Å²) in [6.45, 7) is 3.16. The molecule has 1 aliphatic heterocycles. The van der Waals surface area contributed by atoms with E-state index in [9.17, 15) is 9.59 Å². The van der Waals surface area contributed by atoms with Crippen LogP contribution in [0.5, 0.6) is 0 Å². The summed E-state index contributed by atoms with van der Waals surface area (Å²) in [5.74, 6) is -1.68. The minimum absolute atomic E-state index is 0.0926. The van der Waals surface area contributed by atoms with Gasteiger partial charge in [-0.25, -0.2) is 4.79 Å². The van der Waals surface area contributed by atoms with Crippen LogP contribution in [0.3, 0.4) is 0 Å². The van der Waals surface area contributed by atoms with Gasteiger partial charge in [0.15, 0.2) is 0 Å². The topological polar surface area (TPSA) is 52.6 Å². The Kier molecular flexibility index (Phi) is 1.68. The van der Waals surface area contributed by atoms with Crippen LogP contribution in [0.15, 0.2) is 11.8 Å². The largest absolute Gasteiger partial charge is 0.445 e. The third-order valence-corrected chi connectivity index (χ3v) is 1.09. The smallest absolute Gasteiger partial charge is 0.377 e. The molecule has 0 atom stereocenters. The van der Waals surface area contributed by atoms with Gasteiger partial charge < -0.3 is 9.47 Å². The maximum atomic E-state index is 10.8. The number of carbonyl (C=O) groups excluding carboxylic acids is 2. The lowest BCUT2D eigenvalue weighted by molar-refractivity contribution is -0.159. The van der Waals surface area contributed by atoms with Crippen LogP contribution in [0.1, 0.15) is 13.8 Å². The molecule has 1 fully saturated rings. The number of esters is 1. The first-order valence-electron chi connectivity index (χ1n) is 3.05. The van der Waals surface area contributed by atoms with Crippen LogP contribution < -0.4 is 0 Å². The van der Waals surface area contributed by atoms with Crippen LogP contribution >= 0.6 is 0 Å². The molecule has 0 amide bonds. The lowest BCUT2D eigenvalue weighted by Crippen LogP contribution is -2.19. The zero-order chi connectivity index (χ0) is 8.48. The predicted molar refractivity (Wildman–Crippen MR) is 35.0 cm³/mol. The van der Waals surface area contributed by atoms with Crippen molar-refractivity contribution in [3.8, 4) is 0 Å². The number of allylic oxidation sites excluding steroid dienone is 1. The summed E-state index contributed by atoms with van der Waals surface area (Å²) in [6.07, 6.45) is 2.35. The predicted octanol–water partition coefficient (Wildman–Crippen LogP) is 0.289. The molecule has 0 aliphatic carbocycles. The third-order valence-electron chi connectivity index (χ3n) is 1.09. The molecule has 4 nitrogen and oxygen atoms in total. The summed E-state index contributed by atoms with van der Waals surface area (Å²) < 4.78 is 9.63. The van der Waals surface area contributed by atoms with Crippen molar-refractivity contribution >= 4 is 12.3 Å². The average Bonchev–Trinajstić information content (AvgIpc) is 2.07. The molecule has 0 spiro atoms. The molecule has 0 bridgehead atoms. The van der Waals surface area contributed by atoms with Gasteiger partial charge in [-0.2, -0.15) is 0 Å². The maximum absolute atomic E-state index is 10.8. The molecule has 11 heavy (non-hydrogen) atoms. The summed E-state index contributed by atoms with van der Waals surface area (Å²) in [4.78, 5) is 20.6. The molecule has 59 valence electrons. The van der Waals surface area contributed by atoms with E-state index in [0.717, 1.165) is 6.08 Å². The minimum Gasteiger partial charge on any atom is -0.445 e. The van der Waals surface area contributed by atoms with Gasteiger partial charge in [0.25, 0.3) is 0 Å². The Hall–Kier alpha value is -1.32. The SMILES string of the molecule is CC1(C)OC(=O)/C(=C/[C]=O)O1. The Morgan fingerprint density at radius 1 is 1.45 bits per heavy atom. The van der Waals surface area contributed by atoms with Gasteiger partial charge in [-0.15, -0.1) is 0 Å². The Morgan fingerprint density at radius 3 is 2.45 bits per heavy atom. The van der Waals surface area contributed by atoms with E-state index in [-0.39, 0.29) is 5.76 Å². The van der Waals surface area contributed by atoms with Crippen molar-refractivity contribution in [3.63, 3.8) is 0 Å². The fraction of sp³-hybridized carbons (Fsp3) is 0.429. The van der Waals surface area contributed by atoms with Crippen LogP contribution in [0.2, 0.25) is 0 Å². The zero-order valence-corrected chi connectivity index (χ0v) is 6.21. The van der Waals surface area contributed by atoms with Crippen molar-refractivity contribution in [1.82, 2.24) is 0 Å². The van der Waals surface area contributed by atoms with E-state index in [4.69, 9.17) is 9.47 Å². The molecule has 4 heteroatoms. The van der Waals surface area contributed by atoms with Gasteiger partial charge in [0.1, 0.15) is 0 Å². The van der Waals surface area contributed by atoms with Gasteiger partial charge >= 0.3 is 5.97 Å². The van der Waals surface area contributed by atoms with Crippen LogP contribution in [0, 0.1) is 0 Å². The third kappa shape index (κ3) is 1.58. The van der Waals surface area contributed by atoms with Crippen molar-refractivity contribution in [2.45, 2.75) is 19.6 Å². The highest BCUT2D eigenvalue weighted by Gasteiger charge is 2.37. The van der Waals surface area contributed by atoms with E-state index in [0.29, 0.717) is 0 Å². The molecule has 1 saturated heterocycles. The molecule has 0 saturated carbocycles. The first kappa shape index (κ1) is 7.78. The van der Waals surface area contributed by atoms with Crippen LogP contribution in [-0.2, 0) is 19.1 Å². The van der Waals surface area contributed by atoms with Gasteiger partial charge in [-0.1, -0.05) is 0 Å². The van der Waals surface area contributed by atoms with Gasteiger partial charge in [0.05, 0.1) is 0 Å². The first-order chi connectivity index (χ1) is 5.05. The highest BCUT2D eigenvalue weighted by atomic mass is 16.8. The van der Waals surface area contributed by atoms with Crippen molar-refractivity contribution in [3.05, 3.63) is 11.8 Å². The number of hydrogen-bond donors (Lipinski definition) is 0. The summed E-state index contributed by atoms with van der Waals surface area (Å²) in [5.41, 5.74) is 0. The Morgan fingerprint density at radius 2 is 2.09 bits per heavy atom. The fourth-order valence-corrected chi connectivity index (χ4v) is 0.743. The molecule has 0 unspecified atom stereocenters. The monoisotopic (exact) mass is 155 g/mol. The number of hydrogen-bond acceptors (Lipinski definition) is 4. The van der Waals surface area contributed by atoms with Crippen LogP contribution in [-0.4, -0.2) is 18.0 Å². The molecule has 1 rings (SSSR count). The van der Waals surface area contributed by atoms with Gasteiger partial charge in [-0.3, -0.25) is 4.79 Å². The molecular weight excluding hydrogens is 148 g/mol. The van der Waals surface area contributed by atoms with E-state index < -0.39 is 11.8 Å². The second-order valence-corrected chi connectivity index (χ2v) is 2.52. The second-order valence-electron chi connectivity index (χ2n) is 2.52. The van der Waals surface area contributed by atoms with Crippen molar-refractivity contribution in [2.24, 2.45) is 0 Å². The molecule has 1 aliphatic rings. The Bertz CT molecular complexity index is 227. The van der Waals surface area contributed by atoms with Crippen LogP contribution in [0.25, 0.3) is 0 Å². The highest BCUT2D eigenvalue weighted by molar-refractivity contribution is 5.92. The summed E-state index contributed by atoms with van der Waals surface area (Å²) >= 11 is 0. The average molecular weight is 155 g/mol. The number of cyclic esters (lactones) is 1. The Labute approximate surface area is 63.8 Å². The van der Waals surface area contributed by atoms with Crippen molar-refractivity contribution in [1.29, 1.82) is 0 Å². The lowest BCUT2D eigenvalue weighted by atomic mass is 10.4. The quantitative estimate of drug-likeness (QED) is 0.403. The van der Waals surface area contributed by atoms with Crippen LogP contribution in [0.4, 0.5) is 0 Å². The summed E-state index contributed by atoms with van der Waals surface area (Å²) in [5, 5.41) is 0. The highest BCUT2D eigenvalue weighted by Crippen LogP contribution is 2.25. The van der Waals surface area contributed by atoms with E-state index >= 15 is 0 Å². The summed E-state index contributed by atoms with van der Waals surface area (Å²) in [7, 11) is 0. The molecular formula is C7H7O4. The lowest BCUT2D eigenvalue weighted by Gasteiger charge is -2.13. The number of carbonyl (C=O) groups is 1. The standard InChI is InChI=1S/C7H7O4/c1-7(2)10-5(3-4-8)6(9)11-7/h3H,1-2H3/b5-3-. The normalized spacial score (nSPS) is 24.5. The minimum atomic E-state index is -0.959. The molecule has 1 heterocycles.